The summed E-state index contributed by atoms with van der Waals surface area (Å²) in [6.07, 6.45) is 3.54. The lowest BCUT2D eigenvalue weighted by Crippen LogP contribution is -2.47. The molecule has 0 radical (unpaired) electrons. The standard InChI is InChI=1S/C22H28FN3O3S/c1-17(26(30(2,28)29)21-11-9-20(23)10-12-21)22(27)24-15-18-5-7-19(8-6-18)16-25-13-3-4-14-25/h5-12,17H,3-4,13-16H2,1-2H3,(H,24,27)/t17-/m0/s1. The van der Waals surface area contributed by atoms with Gasteiger partial charge < -0.3 is 5.32 Å². The molecule has 1 saturated heterocycles. The number of hydrogen-bond donors (Lipinski definition) is 1. The summed E-state index contributed by atoms with van der Waals surface area (Å²) in [5, 5.41) is 2.80. The molecule has 1 N–H and O–H groups in total. The molecule has 2 aromatic rings. The predicted molar refractivity (Wildman–Crippen MR) is 116 cm³/mol. The summed E-state index contributed by atoms with van der Waals surface area (Å²) in [7, 11) is -3.73. The fourth-order valence-corrected chi connectivity index (χ4v) is 4.87. The highest BCUT2D eigenvalue weighted by molar-refractivity contribution is 7.92. The number of benzene rings is 2. The van der Waals surface area contributed by atoms with Crippen LogP contribution in [0.15, 0.2) is 48.5 Å². The fourth-order valence-electron chi connectivity index (χ4n) is 3.70. The summed E-state index contributed by atoms with van der Waals surface area (Å²) in [4.78, 5) is 15.1. The topological polar surface area (TPSA) is 69.7 Å². The zero-order valence-electron chi connectivity index (χ0n) is 17.3. The minimum absolute atomic E-state index is 0.243. The van der Waals surface area contributed by atoms with Crippen molar-refractivity contribution in [1.82, 2.24) is 10.2 Å². The number of likely N-dealkylation sites (tertiary alicyclic amines) is 1. The van der Waals surface area contributed by atoms with E-state index in [1.807, 2.05) is 12.1 Å². The van der Waals surface area contributed by atoms with Gasteiger partial charge in [-0.25, -0.2) is 12.8 Å². The Morgan fingerprint density at radius 3 is 2.20 bits per heavy atom. The Bertz CT molecular complexity index is 956. The molecule has 0 unspecified atom stereocenters. The van der Waals surface area contributed by atoms with Crippen molar-refractivity contribution >= 4 is 21.6 Å². The Hall–Kier alpha value is -2.45. The largest absolute Gasteiger partial charge is 0.350 e. The van der Waals surface area contributed by atoms with Crippen LogP contribution in [-0.4, -0.2) is 44.6 Å². The van der Waals surface area contributed by atoms with Gasteiger partial charge in [-0.2, -0.15) is 0 Å². The van der Waals surface area contributed by atoms with Crippen molar-refractivity contribution in [2.45, 2.75) is 38.9 Å². The molecule has 3 rings (SSSR count). The Morgan fingerprint density at radius 2 is 1.63 bits per heavy atom. The van der Waals surface area contributed by atoms with Crippen LogP contribution in [0.2, 0.25) is 0 Å². The van der Waals surface area contributed by atoms with Crippen molar-refractivity contribution in [3.8, 4) is 0 Å². The maximum absolute atomic E-state index is 13.2. The first-order valence-corrected chi connectivity index (χ1v) is 11.9. The third-order valence-corrected chi connectivity index (χ3v) is 6.51. The van der Waals surface area contributed by atoms with E-state index < -0.39 is 27.8 Å². The normalized spacial score (nSPS) is 15.7. The molecule has 1 atom stereocenters. The number of carbonyl (C=O) groups is 1. The van der Waals surface area contributed by atoms with Gasteiger partial charge in [0.25, 0.3) is 0 Å². The Balaban J connectivity index is 1.61. The first-order valence-electron chi connectivity index (χ1n) is 10.1. The summed E-state index contributed by atoms with van der Waals surface area (Å²) in [6.45, 7) is 5.03. The zero-order valence-corrected chi connectivity index (χ0v) is 18.2. The van der Waals surface area contributed by atoms with Crippen LogP contribution in [0.4, 0.5) is 10.1 Å². The van der Waals surface area contributed by atoms with Crippen LogP contribution in [0.5, 0.6) is 0 Å². The number of nitrogens with one attached hydrogen (secondary N) is 1. The van der Waals surface area contributed by atoms with Crippen LogP contribution >= 0.6 is 0 Å². The van der Waals surface area contributed by atoms with Gasteiger partial charge in [0.2, 0.25) is 15.9 Å². The van der Waals surface area contributed by atoms with Crippen LogP contribution in [0.3, 0.4) is 0 Å². The highest BCUT2D eigenvalue weighted by atomic mass is 32.2. The van der Waals surface area contributed by atoms with Crippen LogP contribution < -0.4 is 9.62 Å². The minimum Gasteiger partial charge on any atom is -0.350 e. The van der Waals surface area contributed by atoms with Crippen molar-refractivity contribution in [1.29, 1.82) is 0 Å². The molecule has 162 valence electrons. The lowest BCUT2D eigenvalue weighted by molar-refractivity contribution is -0.122. The lowest BCUT2D eigenvalue weighted by atomic mass is 10.1. The first kappa shape index (κ1) is 22.2. The smallest absolute Gasteiger partial charge is 0.243 e. The SMILES string of the molecule is C[C@@H](C(=O)NCc1ccc(CN2CCCC2)cc1)N(c1ccc(F)cc1)S(C)(=O)=O. The van der Waals surface area contributed by atoms with Gasteiger partial charge >= 0.3 is 0 Å². The molecular formula is C22H28FN3O3S. The quantitative estimate of drug-likeness (QED) is 0.695. The van der Waals surface area contributed by atoms with E-state index in [-0.39, 0.29) is 5.69 Å². The van der Waals surface area contributed by atoms with E-state index in [0.717, 1.165) is 35.8 Å². The predicted octanol–water partition coefficient (Wildman–Crippen LogP) is 2.89. The fraction of sp³-hybridized carbons (Fsp3) is 0.409. The summed E-state index contributed by atoms with van der Waals surface area (Å²) in [5.74, 6) is -0.900. The molecule has 6 nitrogen and oxygen atoms in total. The summed E-state index contributed by atoms with van der Waals surface area (Å²) >= 11 is 0. The maximum Gasteiger partial charge on any atom is 0.243 e. The van der Waals surface area contributed by atoms with E-state index in [2.05, 4.69) is 22.3 Å². The third-order valence-electron chi connectivity index (χ3n) is 5.26. The van der Waals surface area contributed by atoms with Gasteiger partial charge in [-0.15, -0.1) is 0 Å². The van der Waals surface area contributed by atoms with Crippen LogP contribution in [0.1, 0.15) is 30.9 Å². The molecule has 0 aromatic heterocycles. The van der Waals surface area contributed by atoms with Crippen LogP contribution in [-0.2, 0) is 27.9 Å². The molecular weight excluding hydrogens is 405 g/mol. The number of carbonyl (C=O) groups excluding carboxylic acids is 1. The lowest BCUT2D eigenvalue weighted by Gasteiger charge is -2.28. The number of nitrogens with zero attached hydrogens (tertiary/aromatic N) is 2. The van der Waals surface area contributed by atoms with E-state index >= 15 is 0 Å². The number of anilines is 1. The van der Waals surface area contributed by atoms with Crippen molar-refractivity contribution in [2.75, 3.05) is 23.7 Å². The molecule has 2 aromatic carbocycles. The van der Waals surface area contributed by atoms with Gasteiger partial charge in [-0.1, -0.05) is 24.3 Å². The van der Waals surface area contributed by atoms with Crippen LogP contribution in [0.25, 0.3) is 0 Å². The van der Waals surface area contributed by atoms with Crippen LogP contribution in [0, 0.1) is 5.82 Å². The highest BCUT2D eigenvalue weighted by Gasteiger charge is 2.29. The molecule has 1 amide bonds. The molecule has 1 aliphatic rings. The van der Waals surface area contributed by atoms with E-state index in [0.29, 0.717) is 6.54 Å². The van der Waals surface area contributed by atoms with Gasteiger partial charge in [-0.3, -0.25) is 14.0 Å². The van der Waals surface area contributed by atoms with Gasteiger partial charge in [0.1, 0.15) is 11.9 Å². The number of sulfonamides is 1. The second kappa shape index (κ2) is 9.57. The van der Waals surface area contributed by atoms with Gasteiger partial charge in [0, 0.05) is 13.1 Å². The van der Waals surface area contributed by atoms with Crippen molar-refractivity contribution in [3.05, 3.63) is 65.5 Å². The van der Waals surface area contributed by atoms with Gasteiger partial charge in [0.15, 0.2) is 0 Å². The molecule has 0 saturated carbocycles. The van der Waals surface area contributed by atoms with E-state index in [1.54, 1.807) is 0 Å². The molecule has 0 aliphatic carbocycles. The second-order valence-corrected chi connectivity index (χ2v) is 9.59. The Labute approximate surface area is 177 Å². The van der Waals surface area contributed by atoms with E-state index in [4.69, 9.17) is 0 Å². The number of halogens is 1. The number of hydrogen-bond acceptors (Lipinski definition) is 4. The van der Waals surface area contributed by atoms with Crippen molar-refractivity contribution in [2.24, 2.45) is 0 Å². The molecule has 1 heterocycles. The molecule has 1 aliphatic heterocycles. The molecule has 0 spiro atoms. The molecule has 1 fully saturated rings. The van der Waals surface area contributed by atoms with E-state index in [1.165, 1.54) is 49.6 Å². The van der Waals surface area contributed by atoms with Gasteiger partial charge in [-0.05, 0) is 68.2 Å². The Morgan fingerprint density at radius 1 is 1.07 bits per heavy atom. The zero-order chi connectivity index (χ0) is 21.7. The molecule has 8 heteroatoms. The van der Waals surface area contributed by atoms with E-state index in [9.17, 15) is 17.6 Å². The molecule has 30 heavy (non-hydrogen) atoms. The second-order valence-electron chi connectivity index (χ2n) is 7.73. The average molecular weight is 434 g/mol. The number of amides is 1. The summed E-state index contributed by atoms with van der Waals surface area (Å²) in [6, 6.07) is 12.1. The minimum atomic E-state index is -3.73. The molecule has 0 bridgehead atoms. The summed E-state index contributed by atoms with van der Waals surface area (Å²) < 4.78 is 38.7. The van der Waals surface area contributed by atoms with Crippen molar-refractivity contribution < 1.29 is 17.6 Å². The number of rotatable bonds is 8. The summed E-state index contributed by atoms with van der Waals surface area (Å²) in [5.41, 5.74) is 2.42. The average Bonchev–Trinajstić information content (AvgIpc) is 3.21. The first-order chi connectivity index (χ1) is 14.2. The van der Waals surface area contributed by atoms with Gasteiger partial charge in [0.05, 0.1) is 11.9 Å². The third kappa shape index (κ3) is 5.79. The monoisotopic (exact) mass is 433 g/mol. The Kier molecular flexibility index (Phi) is 7.10. The maximum atomic E-state index is 13.2. The highest BCUT2D eigenvalue weighted by Crippen LogP contribution is 2.21. The van der Waals surface area contributed by atoms with Crippen molar-refractivity contribution in [3.63, 3.8) is 0 Å².